The highest BCUT2D eigenvalue weighted by Crippen LogP contribution is 2.89. The van der Waals surface area contributed by atoms with Crippen LogP contribution in [0.1, 0.15) is 113 Å². The molecule has 0 unspecified atom stereocenters. The summed E-state index contributed by atoms with van der Waals surface area (Å²) < 4.78 is 49.8. The first kappa shape index (κ1) is 48.8. The average molecular weight is 929 g/mol. The minimum Gasteiger partial charge on any atom is -0.457 e. The lowest BCUT2D eigenvalue weighted by atomic mass is 9.41. The molecule has 4 aliphatic heterocycles. The molecule has 9 fully saturated rings. The van der Waals surface area contributed by atoms with E-state index in [2.05, 4.69) is 34.6 Å². The highest BCUT2D eigenvalue weighted by molar-refractivity contribution is 5.66. The van der Waals surface area contributed by atoms with Crippen molar-refractivity contribution in [1.29, 1.82) is 0 Å². The zero-order valence-electron chi connectivity index (χ0n) is 39.2. The molecule has 18 heteroatoms. The van der Waals surface area contributed by atoms with Crippen molar-refractivity contribution in [2.45, 2.75) is 223 Å². The van der Waals surface area contributed by atoms with Gasteiger partial charge in [0, 0.05) is 12.8 Å². The third kappa shape index (κ3) is 7.44. The van der Waals surface area contributed by atoms with Crippen LogP contribution in [0.4, 0.5) is 0 Å². The van der Waals surface area contributed by atoms with Gasteiger partial charge in [-0.25, -0.2) is 0 Å². The molecule has 2 spiro atoms. The van der Waals surface area contributed by atoms with Crippen LogP contribution >= 0.6 is 0 Å². The van der Waals surface area contributed by atoms with E-state index in [1.165, 1.54) is 6.92 Å². The second-order valence-corrected chi connectivity index (χ2v) is 23.6. The van der Waals surface area contributed by atoms with E-state index in [0.717, 1.165) is 32.1 Å². The maximum atomic E-state index is 12.3. The van der Waals surface area contributed by atoms with Gasteiger partial charge in [-0.15, -0.1) is 0 Å². The van der Waals surface area contributed by atoms with Crippen LogP contribution in [-0.4, -0.2) is 181 Å². The summed E-state index contributed by atoms with van der Waals surface area (Å²) in [5, 5.41) is 98.8. The first-order valence-electron chi connectivity index (χ1n) is 24.1. The maximum absolute atomic E-state index is 12.3. The largest absolute Gasteiger partial charge is 0.457 e. The van der Waals surface area contributed by atoms with E-state index in [1.54, 1.807) is 13.8 Å². The van der Waals surface area contributed by atoms with Crippen molar-refractivity contribution >= 4 is 5.97 Å². The molecule has 9 rings (SSSR count). The third-order valence-electron chi connectivity index (χ3n) is 19.2. The number of aliphatic hydroxyl groups excluding tert-OH is 8. The van der Waals surface area contributed by atoms with E-state index in [0.29, 0.717) is 25.7 Å². The predicted molar refractivity (Wildman–Crippen MR) is 224 cm³/mol. The molecule has 18 nitrogen and oxygen atoms in total. The van der Waals surface area contributed by atoms with Gasteiger partial charge in [0.2, 0.25) is 0 Å². The highest BCUT2D eigenvalue weighted by Gasteiger charge is 2.85. The van der Waals surface area contributed by atoms with E-state index in [4.69, 9.17) is 37.9 Å². The fourth-order valence-corrected chi connectivity index (χ4v) is 16.1. The maximum Gasteiger partial charge on any atom is 0.303 e. The fraction of sp³-hybridized carbons (Fsp3) is 0.979. The standard InChI is InChI=1S/C47H76O18/c1-21(48)61-26-19-60-40(35(32(26)54)64-39-34(56)31(53)24(51)18-59-39)63-28-10-12-47-20-46(47)14-13-43(6)36(45(8)11-9-29(65-45)42(4,5)57)22(49)16-44(43,7)27(46)15-25(37(47)41(28,2)3)62-38-33(55)30(52)23(50)17-58-38/h22-40,49-57H,9-20H2,1-8H3/t22-,23-,24+,25-,26+,27-,28-,29-,30+,31+,32-,33-,34-,35-,36-,37-,38+,39+,40-,43+,44-,45+,46-,47+/m0/s1. The molecule has 0 bridgehead atoms. The van der Waals surface area contributed by atoms with E-state index < -0.39 is 115 Å². The Kier molecular flexibility index (Phi) is 12.4. The minimum atomic E-state index is -1.68. The van der Waals surface area contributed by atoms with Gasteiger partial charge in [0.1, 0.15) is 48.8 Å². The number of hydrogen-bond acceptors (Lipinski definition) is 18. The molecule has 0 aromatic rings. The van der Waals surface area contributed by atoms with Crippen LogP contribution in [0.2, 0.25) is 0 Å². The first-order chi connectivity index (χ1) is 30.2. The monoisotopic (exact) mass is 929 g/mol. The number of carbonyl (C=O) groups excluding carboxylic acids is 1. The van der Waals surface area contributed by atoms with Gasteiger partial charge in [0.15, 0.2) is 25.0 Å². The number of ether oxygens (including phenoxy) is 8. The number of carbonyl (C=O) groups is 1. The molecule has 0 aromatic heterocycles. The lowest BCUT2D eigenvalue weighted by Crippen LogP contribution is -2.65. The molecular weight excluding hydrogens is 852 g/mol. The Hall–Kier alpha value is -1.17. The van der Waals surface area contributed by atoms with Crippen LogP contribution in [0.5, 0.6) is 0 Å². The topological polar surface area (TPSA) is 273 Å². The van der Waals surface area contributed by atoms with Crippen molar-refractivity contribution in [1.82, 2.24) is 0 Å². The average Bonchev–Trinajstić information content (AvgIpc) is 3.58. The van der Waals surface area contributed by atoms with Crippen LogP contribution in [0.3, 0.4) is 0 Å². The van der Waals surface area contributed by atoms with Crippen molar-refractivity contribution in [2.75, 3.05) is 19.8 Å². The van der Waals surface area contributed by atoms with E-state index in [9.17, 15) is 50.8 Å². The van der Waals surface area contributed by atoms with Crippen LogP contribution in [0.15, 0.2) is 0 Å². The molecule has 9 aliphatic rings. The summed E-state index contributed by atoms with van der Waals surface area (Å²) in [6, 6.07) is 0. The van der Waals surface area contributed by atoms with Crippen molar-refractivity contribution < 1.29 is 88.6 Å². The summed E-state index contributed by atoms with van der Waals surface area (Å²) in [4.78, 5) is 12.0. The normalized spacial score (nSPS) is 56.2. The van der Waals surface area contributed by atoms with Gasteiger partial charge in [-0.1, -0.05) is 27.7 Å². The first-order valence-corrected chi connectivity index (χ1v) is 24.1. The second-order valence-electron chi connectivity index (χ2n) is 23.6. The predicted octanol–water partition coefficient (Wildman–Crippen LogP) is 0.397. The number of rotatable bonds is 9. The molecule has 0 amide bonds. The van der Waals surface area contributed by atoms with Crippen molar-refractivity contribution in [2.24, 2.45) is 44.8 Å². The van der Waals surface area contributed by atoms with Crippen LogP contribution in [0, 0.1) is 44.8 Å². The zero-order chi connectivity index (χ0) is 47.2. The Morgan fingerprint density at radius 1 is 0.631 bits per heavy atom. The molecule has 4 heterocycles. The summed E-state index contributed by atoms with van der Waals surface area (Å²) in [5.74, 6) is -0.967. The van der Waals surface area contributed by atoms with E-state index >= 15 is 0 Å². The van der Waals surface area contributed by atoms with Crippen LogP contribution in [-0.2, 0) is 42.7 Å². The molecule has 9 N–H and O–H groups in total. The Morgan fingerprint density at radius 3 is 1.85 bits per heavy atom. The molecule has 372 valence electrons. The number of esters is 1. The summed E-state index contributed by atoms with van der Waals surface area (Å²) in [7, 11) is 0. The quantitative estimate of drug-likeness (QED) is 0.112. The zero-order valence-corrected chi connectivity index (χ0v) is 39.2. The molecule has 4 saturated heterocycles. The molecule has 5 aliphatic carbocycles. The highest BCUT2D eigenvalue weighted by atomic mass is 16.8. The molecule has 65 heavy (non-hydrogen) atoms. The summed E-state index contributed by atoms with van der Waals surface area (Å²) in [6.45, 7) is 15.0. The van der Waals surface area contributed by atoms with Crippen LogP contribution in [0.25, 0.3) is 0 Å². The van der Waals surface area contributed by atoms with Crippen molar-refractivity contribution in [3.8, 4) is 0 Å². The van der Waals surface area contributed by atoms with Gasteiger partial charge in [-0.2, -0.15) is 0 Å². The molecular formula is C47H76O18. The smallest absolute Gasteiger partial charge is 0.303 e. The van der Waals surface area contributed by atoms with E-state index in [1.807, 2.05) is 0 Å². The SMILES string of the molecule is CC(=O)O[C@@H]1CO[C@@H](O[C@H]2CC[C@]34C[C@]35CC[C@]3(C)[C@@H]([C@@]6(C)CC[C@@H](C(C)(C)O)O6)[C@@H](O)C[C@@]3(C)[C@@H]5C[C@H](O[C@H]3OC[C@H](O)[C@@H](O)[C@@H]3O)[C@H]4C2(C)C)[C@@H](O[C@H]2OC[C@@H](O)[C@@H](O)[C@@H]2O)[C@H]1O. The Morgan fingerprint density at radius 2 is 1.25 bits per heavy atom. The summed E-state index contributed by atoms with van der Waals surface area (Å²) >= 11 is 0. The minimum absolute atomic E-state index is 0.0813. The van der Waals surface area contributed by atoms with Gasteiger partial charge in [-0.3, -0.25) is 4.79 Å². The number of hydrogen-bond donors (Lipinski definition) is 9. The van der Waals surface area contributed by atoms with Gasteiger partial charge in [0.05, 0.1) is 55.4 Å². The third-order valence-corrected chi connectivity index (χ3v) is 19.2. The molecule has 24 atom stereocenters. The van der Waals surface area contributed by atoms with Crippen LogP contribution < -0.4 is 0 Å². The Labute approximate surface area is 381 Å². The lowest BCUT2D eigenvalue weighted by molar-refractivity contribution is -0.359. The number of aliphatic hydroxyl groups is 9. The number of fused-ring (bicyclic) bond motifs is 2. The fourth-order valence-electron chi connectivity index (χ4n) is 16.1. The molecule has 0 aromatic carbocycles. The second kappa shape index (κ2) is 16.5. The molecule has 5 saturated carbocycles. The summed E-state index contributed by atoms with van der Waals surface area (Å²) in [5.41, 5.74) is -3.45. The molecule has 0 radical (unpaired) electrons. The summed E-state index contributed by atoms with van der Waals surface area (Å²) in [6.07, 6.45) is -12.5. The van der Waals surface area contributed by atoms with Crippen molar-refractivity contribution in [3.05, 3.63) is 0 Å². The Balaban J connectivity index is 1.03. The van der Waals surface area contributed by atoms with Gasteiger partial charge in [-0.05, 0) is 117 Å². The van der Waals surface area contributed by atoms with Gasteiger partial charge < -0.3 is 83.9 Å². The van der Waals surface area contributed by atoms with Gasteiger partial charge >= 0.3 is 5.97 Å². The van der Waals surface area contributed by atoms with E-state index in [-0.39, 0.29) is 65.3 Å². The van der Waals surface area contributed by atoms with Crippen molar-refractivity contribution in [3.63, 3.8) is 0 Å². The van der Waals surface area contributed by atoms with Gasteiger partial charge in [0.25, 0.3) is 0 Å². The Bertz CT molecular complexity index is 1780. The lowest BCUT2D eigenvalue weighted by Gasteiger charge is -2.65.